The number of hydrogen-bond donors (Lipinski definition) is 1. The normalized spacial score (nSPS) is 16.2. The van der Waals surface area contributed by atoms with Crippen molar-refractivity contribution in [3.63, 3.8) is 0 Å². The predicted octanol–water partition coefficient (Wildman–Crippen LogP) is 3.98. The zero-order chi connectivity index (χ0) is 16.8. The third kappa shape index (κ3) is 2.79. The van der Waals surface area contributed by atoms with E-state index in [9.17, 15) is 14.9 Å². The molecule has 0 atom stereocenters. The Hall–Kier alpha value is -2.43. The zero-order valence-corrected chi connectivity index (χ0v) is 13.6. The van der Waals surface area contributed by atoms with Gasteiger partial charge in [0.15, 0.2) is 5.78 Å². The predicted molar refractivity (Wildman–Crippen MR) is 87.9 cm³/mol. The van der Waals surface area contributed by atoms with Crippen molar-refractivity contribution >= 4 is 11.5 Å². The summed E-state index contributed by atoms with van der Waals surface area (Å²) < 4.78 is 0. The average Bonchev–Trinajstić information content (AvgIpc) is 2.73. The molecule has 1 aliphatic carbocycles. The van der Waals surface area contributed by atoms with Crippen LogP contribution in [0.5, 0.6) is 0 Å². The molecule has 1 heterocycles. The van der Waals surface area contributed by atoms with Gasteiger partial charge in [0.25, 0.3) is 5.69 Å². The van der Waals surface area contributed by atoms with E-state index < -0.39 is 0 Å². The van der Waals surface area contributed by atoms with Crippen LogP contribution >= 0.6 is 0 Å². The Morgan fingerprint density at radius 3 is 2.65 bits per heavy atom. The number of Topliss-reactive ketones (excluding diaryl/α,β-unsaturated/α-hetero) is 1. The quantitative estimate of drug-likeness (QED) is 0.688. The van der Waals surface area contributed by atoms with Crippen LogP contribution in [0.4, 0.5) is 5.69 Å². The number of nitro groups is 1. The minimum absolute atomic E-state index is 0.0443. The SMILES string of the molecule is Cc1[nH]c2c(c1Cc1ccccc1[N+](=O)[O-])C(=O)CC(C)(C)C2. The monoisotopic (exact) mass is 312 g/mol. The third-order valence-corrected chi connectivity index (χ3v) is 4.52. The van der Waals surface area contributed by atoms with Crippen LogP contribution in [0.15, 0.2) is 24.3 Å². The number of nitro benzene ring substituents is 1. The molecule has 5 heteroatoms. The summed E-state index contributed by atoms with van der Waals surface area (Å²) in [5, 5.41) is 11.2. The molecule has 5 nitrogen and oxygen atoms in total. The molecular formula is C18H20N2O3. The maximum Gasteiger partial charge on any atom is 0.272 e. The summed E-state index contributed by atoms with van der Waals surface area (Å²) in [5.74, 6) is 0.134. The van der Waals surface area contributed by atoms with E-state index in [0.717, 1.165) is 28.9 Å². The van der Waals surface area contributed by atoms with Crippen LogP contribution < -0.4 is 0 Å². The van der Waals surface area contributed by atoms with E-state index in [4.69, 9.17) is 0 Å². The minimum Gasteiger partial charge on any atom is -0.362 e. The average molecular weight is 312 g/mol. The first-order valence-electron chi connectivity index (χ1n) is 7.74. The Bertz CT molecular complexity index is 803. The Morgan fingerprint density at radius 2 is 1.96 bits per heavy atom. The van der Waals surface area contributed by atoms with Gasteiger partial charge in [-0.2, -0.15) is 0 Å². The van der Waals surface area contributed by atoms with E-state index in [0.29, 0.717) is 18.4 Å². The first-order valence-corrected chi connectivity index (χ1v) is 7.74. The van der Waals surface area contributed by atoms with Crippen LogP contribution in [-0.2, 0) is 12.8 Å². The molecule has 1 N–H and O–H groups in total. The fourth-order valence-electron chi connectivity index (χ4n) is 3.52. The maximum atomic E-state index is 12.6. The molecule has 0 saturated heterocycles. The van der Waals surface area contributed by atoms with Crippen molar-refractivity contribution in [2.75, 3.05) is 0 Å². The number of hydrogen-bond acceptors (Lipinski definition) is 3. The van der Waals surface area contributed by atoms with Crippen LogP contribution in [0.2, 0.25) is 0 Å². The summed E-state index contributed by atoms with van der Waals surface area (Å²) in [7, 11) is 0. The number of nitrogens with one attached hydrogen (secondary N) is 1. The number of para-hydroxylation sites is 1. The van der Waals surface area contributed by atoms with E-state index in [1.807, 2.05) is 6.92 Å². The number of rotatable bonds is 3. The number of H-pyrrole nitrogens is 1. The van der Waals surface area contributed by atoms with Crippen molar-refractivity contribution in [3.8, 4) is 0 Å². The van der Waals surface area contributed by atoms with Crippen molar-refractivity contribution in [3.05, 3.63) is 62.5 Å². The lowest BCUT2D eigenvalue weighted by Crippen LogP contribution is -2.27. The summed E-state index contributed by atoms with van der Waals surface area (Å²) >= 11 is 0. The molecule has 0 unspecified atom stereocenters. The number of aryl methyl sites for hydroxylation is 1. The van der Waals surface area contributed by atoms with Gasteiger partial charge in [-0.1, -0.05) is 32.0 Å². The van der Waals surface area contributed by atoms with Gasteiger partial charge in [-0.15, -0.1) is 0 Å². The highest BCUT2D eigenvalue weighted by molar-refractivity contribution is 6.00. The highest BCUT2D eigenvalue weighted by Gasteiger charge is 2.34. The minimum atomic E-state index is -0.366. The van der Waals surface area contributed by atoms with E-state index in [1.54, 1.807) is 18.2 Å². The van der Waals surface area contributed by atoms with Crippen LogP contribution in [0.1, 0.15) is 53.1 Å². The van der Waals surface area contributed by atoms with E-state index in [1.165, 1.54) is 6.07 Å². The molecule has 1 aromatic heterocycles. The number of carbonyl (C=O) groups is 1. The summed E-state index contributed by atoms with van der Waals surface area (Å²) in [6.45, 7) is 6.11. The number of aromatic nitrogens is 1. The Kier molecular flexibility index (Phi) is 3.59. The molecule has 0 saturated carbocycles. The van der Waals surface area contributed by atoms with Gasteiger partial charge in [-0.25, -0.2) is 0 Å². The van der Waals surface area contributed by atoms with Crippen molar-refractivity contribution in [2.24, 2.45) is 5.41 Å². The summed E-state index contributed by atoms with van der Waals surface area (Å²) in [6, 6.07) is 6.72. The number of carbonyl (C=O) groups excluding carboxylic acids is 1. The lowest BCUT2D eigenvalue weighted by molar-refractivity contribution is -0.385. The molecule has 0 bridgehead atoms. The molecule has 0 aliphatic heterocycles. The summed E-state index contributed by atoms with van der Waals surface area (Å²) in [5.41, 5.74) is 4.24. The lowest BCUT2D eigenvalue weighted by atomic mass is 9.75. The van der Waals surface area contributed by atoms with Gasteiger partial charge in [-0.05, 0) is 24.3 Å². The van der Waals surface area contributed by atoms with Gasteiger partial charge in [0.1, 0.15) is 0 Å². The molecular weight excluding hydrogens is 292 g/mol. The first-order chi connectivity index (χ1) is 10.8. The molecule has 2 aromatic rings. The number of ketones is 1. The second kappa shape index (κ2) is 5.33. The standard InChI is InChI=1S/C18H20N2O3/c1-11-13(8-12-6-4-5-7-15(12)20(22)23)17-14(19-11)9-18(2,3)10-16(17)21/h4-7,19H,8-10H2,1-3H3. The molecule has 23 heavy (non-hydrogen) atoms. The fraction of sp³-hybridized carbons (Fsp3) is 0.389. The molecule has 1 aromatic carbocycles. The van der Waals surface area contributed by atoms with Crippen molar-refractivity contribution in [1.82, 2.24) is 4.98 Å². The van der Waals surface area contributed by atoms with Gasteiger partial charge in [0.05, 0.1) is 4.92 Å². The van der Waals surface area contributed by atoms with Gasteiger partial charge in [-0.3, -0.25) is 14.9 Å². The smallest absolute Gasteiger partial charge is 0.272 e. The van der Waals surface area contributed by atoms with Gasteiger partial charge in [0.2, 0.25) is 0 Å². The van der Waals surface area contributed by atoms with E-state index in [2.05, 4.69) is 18.8 Å². The lowest BCUT2D eigenvalue weighted by Gasteiger charge is -2.28. The molecule has 0 fully saturated rings. The number of aromatic amines is 1. The summed E-state index contributed by atoms with van der Waals surface area (Å²) in [4.78, 5) is 26.8. The van der Waals surface area contributed by atoms with Gasteiger partial charge in [0, 0.05) is 41.4 Å². The molecule has 120 valence electrons. The Balaban J connectivity index is 2.05. The zero-order valence-electron chi connectivity index (χ0n) is 13.6. The first kappa shape index (κ1) is 15.5. The number of nitrogens with zero attached hydrogens (tertiary/aromatic N) is 1. The Labute approximate surface area is 134 Å². The second-order valence-corrected chi connectivity index (χ2v) is 7.09. The van der Waals surface area contributed by atoms with Crippen molar-refractivity contribution in [1.29, 1.82) is 0 Å². The summed E-state index contributed by atoms with van der Waals surface area (Å²) in [6.07, 6.45) is 1.74. The van der Waals surface area contributed by atoms with Crippen LogP contribution in [0.25, 0.3) is 0 Å². The van der Waals surface area contributed by atoms with E-state index >= 15 is 0 Å². The second-order valence-electron chi connectivity index (χ2n) is 7.09. The maximum absolute atomic E-state index is 12.6. The topological polar surface area (TPSA) is 76.0 Å². The highest BCUT2D eigenvalue weighted by Crippen LogP contribution is 2.38. The van der Waals surface area contributed by atoms with Crippen LogP contribution in [0, 0.1) is 22.5 Å². The van der Waals surface area contributed by atoms with Gasteiger partial charge < -0.3 is 4.98 Å². The van der Waals surface area contributed by atoms with Crippen LogP contribution in [0.3, 0.4) is 0 Å². The molecule has 0 spiro atoms. The molecule has 0 radical (unpaired) electrons. The van der Waals surface area contributed by atoms with Crippen molar-refractivity contribution in [2.45, 2.75) is 40.0 Å². The fourth-order valence-corrected chi connectivity index (χ4v) is 3.52. The molecule has 3 rings (SSSR count). The largest absolute Gasteiger partial charge is 0.362 e. The number of fused-ring (bicyclic) bond motifs is 1. The van der Waals surface area contributed by atoms with E-state index in [-0.39, 0.29) is 21.8 Å². The molecule has 1 aliphatic rings. The highest BCUT2D eigenvalue weighted by atomic mass is 16.6. The van der Waals surface area contributed by atoms with Crippen molar-refractivity contribution < 1.29 is 9.72 Å². The van der Waals surface area contributed by atoms with Crippen LogP contribution in [-0.4, -0.2) is 15.7 Å². The number of benzene rings is 1. The Morgan fingerprint density at radius 1 is 1.26 bits per heavy atom. The van der Waals surface area contributed by atoms with Gasteiger partial charge >= 0.3 is 0 Å². The molecule has 0 amide bonds. The third-order valence-electron chi connectivity index (χ3n) is 4.52.